The van der Waals surface area contributed by atoms with Crippen LogP contribution in [0.5, 0.6) is 0 Å². The van der Waals surface area contributed by atoms with Gasteiger partial charge in [0.2, 0.25) is 6.41 Å². The summed E-state index contributed by atoms with van der Waals surface area (Å²) >= 11 is 5.80. The first-order valence-corrected chi connectivity index (χ1v) is 5.14. The van der Waals surface area contributed by atoms with E-state index in [9.17, 15) is 4.79 Å². The molecule has 1 aliphatic rings. The summed E-state index contributed by atoms with van der Waals surface area (Å²) in [5, 5.41) is 3.59. The first-order chi connectivity index (χ1) is 6.81. The number of carbonyl (C=O) groups excluding carboxylic acids is 1. The van der Waals surface area contributed by atoms with Gasteiger partial charge in [-0.3, -0.25) is 4.79 Å². The van der Waals surface area contributed by atoms with Crippen molar-refractivity contribution in [2.45, 2.75) is 18.9 Å². The Bertz CT molecular complexity index is 319. The minimum atomic E-state index is 0.171. The molecule has 1 unspecified atom stereocenters. The maximum Gasteiger partial charge on any atom is 0.207 e. The molecule has 0 aliphatic heterocycles. The predicted molar refractivity (Wildman–Crippen MR) is 56.1 cm³/mol. The summed E-state index contributed by atoms with van der Waals surface area (Å²) in [5.74, 6) is 0.612. The third-order valence-corrected chi connectivity index (χ3v) is 2.82. The zero-order valence-corrected chi connectivity index (χ0v) is 8.50. The average molecular weight is 210 g/mol. The smallest absolute Gasteiger partial charge is 0.207 e. The number of benzene rings is 1. The van der Waals surface area contributed by atoms with Gasteiger partial charge in [-0.2, -0.15) is 0 Å². The molecule has 0 radical (unpaired) electrons. The van der Waals surface area contributed by atoms with Gasteiger partial charge in [0, 0.05) is 5.02 Å². The van der Waals surface area contributed by atoms with Crippen LogP contribution in [0.4, 0.5) is 0 Å². The molecule has 1 fully saturated rings. The van der Waals surface area contributed by atoms with E-state index in [1.165, 1.54) is 12.8 Å². The Labute approximate surface area is 88.3 Å². The van der Waals surface area contributed by atoms with Gasteiger partial charge in [-0.15, -0.1) is 0 Å². The molecule has 0 aromatic heterocycles. The van der Waals surface area contributed by atoms with Crippen molar-refractivity contribution in [2.24, 2.45) is 5.92 Å². The van der Waals surface area contributed by atoms with Crippen molar-refractivity contribution in [2.75, 3.05) is 0 Å². The van der Waals surface area contributed by atoms with Crippen molar-refractivity contribution in [1.82, 2.24) is 5.32 Å². The monoisotopic (exact) mass is 209 g/mol. The Morgan fingerprint density at radius 1 is 1.36 bits per heavy atom. The van der Waals surface area contributed by atoms with Crippen molar-refractivity contribution < 1.29 is 4.79 Å². The second-order valence-electron chi connectivity index (χ2n) is 3.65. The lowest BCUT2D eigenvalue weighted by Gasteiger charge is -2.15. The fraction of sp³-hybridized carbons (Fsp3) is 0.364. The Kier molecular flexibility index (Phi) is 2.73. The largest absolute Gasteiger partial charge is 0.352 e. The normalized spacial score (nSPS) is 17.5. The van der Waals surface area contributed by atoms with Gasteiger partial charge < -0.3 is 5.32 Å². The maximum absolute atomic E-state index is 10.5. The molecule has 14 heavy (non-hydrogen) atoms. The molecule has 2 nitrogen and oxygen atoms in total. The molecule has 3 heteroatoms. The summed E-state index contributed by atoms with van der Waals surface area (Å²) in [6, 6.07) is 7.84. The van der Waals surface area contributed by atoms with Gasteiger partial charge >= 0.3 is 0 Å². The van der Waals surface area contributed by atoms with E-state index < -0.39 is 0 Å². The van der Waals surface area contributed by atoms with Crippen LogP contribution in [0.3, 0.4) is 0 Å². The molecule has 2 rings (SSSR count). The van der Waals surface area contributed by atoms with E-state index in [2.05, 4.69) is 5.32 Å². The third kappa shape index (κ3) is 2.07. The SMILES string of the molecule is O=CNC(c1ccc(Cl)cc1)C1CC1. The van der Waals surface area contributed by atoms with E-state index in [0.717, 1.165) is 17.0 Å². The topological polar surface area (TPSA) is 29.1 Å². The van der Waals surface area contributed by atoms with Crippen LogP contribution in [-0.2, 0) is 4.79 Å². The molecule has 0 saturated heterocycles. The van der Waals surface area contributed by atoms with Crippen LogP contribution < -0.4 is 5.32 Å². The summed E-state index contributed by atoms with van der Waals surface area (Å²) in [6.07, 6.45) is 3.18. The van der Waals surface area contributed by atoms with Gasteiger partial charge in [0.05, 0.1) is 6.04 Å². The third-order valence-electron chi connectivity index (χ3n) is 2.57. The number of carbonyl (C=O) groups is 1. The molecule has 1 aromatic rings. The van der Waals surface area contributed by atoms with E-state index in [4.69, 9.17) is 11.6 Å². The Morgan fingerprint density at radius 2 is 2.00 bits per heavy atom. The fourth-order valence-corrected chi connectivity index (χ4v) is 1.80. The van der Waals surface area contributed by atoms with Crippen molar-refractivity contribution in [3.05, 3.63) is 34.9 Å². The van der Waals surface area contributed by atoms with Gasteiger partial charge in [0.15, 0.2) is 0 Å². The van der Waals surface area contributed by atoms with Gasteiger partial charge in [-0.25, -0.2) is 0 Å². The van der Waals surface area contributed by atoms with E-state index in [0.29, 0.717) is 5.92 Å². The van der Waals surface area contributed by atoms with Gasteiger partial charge in [0.1, 0.15) is 0 Å². The number of halogens is 1. The number of nitrogens with one attached hydrogen (secondary N) is 1. The van der Waals surface area contributed by atoms with Crippen molar-refractivity contribution in [3.8, 4) is 0 Å². The zero-order chi connectivity index (χ0) is 9.97. The van der Waals surface area contributed by atoms with E-state index in [-0.39, 0.29) is 6.04 Å². The molecule has 0 heterocycles. The maximum atomic E-state index is 10.5. The van der Waals surface area contributed by atoms with Gasteiger partial charge in [-0.05, 0) is 36.5 Å². The summed E-state index contributed by atoms with van der Waals surface area (Å²) < 4.78 is 0. The van der Waals surface area contributed by atoms with Crippen LogP contribution >= 0.6 is 11.6 Å². The molecular weight excluding hydrogens is 198 g/mol. The van der Waals surface area contributed by atoms with Crippen LogP contribution in [-0.4, -0.2) is 6.41 Å². The lowest BCUT2D eigenvalue weighted by molar-refractivity contribution is -0.110. The molecule has 74 valence electrons. The second kappa shape index (κ2) is 4.01. The summed E-state index contributed by atoms with van der Waals surface area (Å²) in [5.41, 5.74) is 1.14. The second-order valence-corrected chi connectivity index (χ2v) is 4.09. The number of hydrogen-bond acceptors (Lipinski definition) is 1. The van der Waals surface area contributed by atoms with E-state index in [1.807, 2.05) is 24.3 Å². The first-order valence-electron chi connectivity index (χ1n) is 4.76. The zero-order valence-electron chi connectivity index (χ0n) is 7.74. The minimum absolute atomic E-state index is 0.171. The number of amides is 1. The summed E-state index contributed by atoms with van der Waals surface area (Å²) in [6.45, 7) is 0. The predicted octanol–water partition coefficient (Wildman–Crippen LogP) is 2.54. The summed E-state index contributed by atoms with van der Waals surface area (Å²) in [4.78, 5) is 10.5. The van der Waals surface area contributed by atoms with E-state index in [1.54, 1.807) is 0 Å². The highest BCUT2D eigenvalue weighted by Crippen LogP contribution is 2.40. The highest BCUT2D eigenvalue weighted by molar-refractivity contribution is 6.30. The molecule has 0 bridgehead atoms. The molecule has 1 saturated carbocycles. The van der Waals surface area contributed by atoms with Gasteiger partial charge in [-0.1, -0.05) is 23.7 Å². The minimum Gasteiger partial charge on any atom is -0.352 e. The van der Waals surface area contributed by atoms with Crippen LogP contribution in [0.15, 0.2) is 24.3 Å². The Balaban J connectivity index is 2.16. The standard InChI is InChI=1S/C11H12ClNO/c12-10-5-3-9(4-6-10)11(13-7-14)8-1-2-8/h3-8,11H,1-2H2,(H,13,14). The first kappa shape index (κ1) is 9.53. The Hall–Kier alpha value is -1.02. The lowest BCUT2D eigenvalue weighted by atomic mass is 10.0. The highest BCUT2D eigenvalue weighted by atomic mass is 35.5. The molecule has 1 amide bonds. The Morgan fingerprint density at radius 3 is 2.50 bits per heavy atom. The molecule has 1 atom stereocenters. The van der Waals surface area contributed by atoms with E-state index >= 15 is 0 Å². The van der Waals surface area contributed by atoms with Crippen LogP contribution in [0.25, 0.3) is 0 Å². The average Bonchev–Trinajstić information content (AvgIpc) is 2.99. The van der Waals surface area contributed by atoms with Crippen LogP contribution in [0.1, 0.15) is 24.4 Å². The quantitative estimate of drug-likeness (QED) is 0.759. The fourth-order valence-electron chi connectivity index (χ4n) is 1.68. The van der Waals surface area contributed by atoms with Crippen LogP contribution in [0, 0.1) is 5.92 Å². The van der Waals surface area contributed by atoms with Gasteiger partial charge in [0.25, 0.3) is 0 Å². The van der Waals surface area contributed by atoms with Crippen molar-refractivity contribution >= 4 is 18.0 Å². The summed E-state index contributed by atoms with van der Waals surface area (Å²) in [7, 11) is 0. The lowest BCUT2D eigenvalue weighted by Crippen LogP contribution is -2.21. The molecule has 1 aromatic carbocycles. The van der Waals surface area contributed by atoms with Crippen molar-refractivity contribution in [3.63, 3.8) is 0 Å². The number of hydrogen-bond donors (Lipinski definition) is 1. The molecule has 0 spiro atoms. The number of rotatable bonds is 4. The molecular formula is C11H12ClNO. The van der Waals surface area contributed by atoms with Crippen molar-refractivity contribution in [1.29, 1.82) is 0 Å². The molecule has 1 N–H and O–H groups in total. The molecule has 1 aliphatic carbocycles. The van der Waals surface area contributed by atoms with Crippen LogP contribution in [0.2, 0.25) is 5.02 Å². The highest BCUT2D eigenvalue weighted by Gasteiger charge is 2.31.